The van der Waals surface area contributed by atoms with Crippen molar-refractivity contribution in [1.29, 1.82) is 0 Å². The average molecular weight is 470 g/mol. The van der Waals surface area contributed by atoms with E-state index in [0.29, 0.717) is 21.2 Å². The Hall–Kier alpha value is -2.37. The fourth-order valence-electron chi connectivity index (χ4n) is 4.37. The standard InChI is InChI=1S/C26H25Cl2NO3/c1-16(17-4-9-20(27)10-5-17)29-24(18-6-11-21(28)12-7-18)22-13-8-19(14-23(22)25(29)30)26(2,31)15-32-3/h4-14,16,24,31H,15H2,1-3H3/t16-,24?,26?/m0/s1. The van der Waals surface area contributed by atoms with Crippen LogP contribution in [0.4, 0.5) is 0 Å². The minimum absolute atomic E-state index is 0.0857. The number of aliphatic hydroxyl groups is 1. The van der Waals surface area contributed by atoms with Crippen molar-refractivity contribution in [2.75, 3.05) is 13.7 Å². The number of halogens is 2. The number of hydrogen-bond donors (Lipinski definition) is 1. The third-order valence-corrected chi connectivity index (χ3v) is 6.60. The summed E-state index contributed by atoms with van der Waals surface area (Å²) in [6.07, 6.45) is 0. The number of methoxy groups -OCH3 is 1. The lowest BCUT2D eigenvalue weighted by Gasteiger charge is -2.32. The van der Waals surface area contributed by atoms with Gasteiger partial charge in [0.15, 0.2) is 0 Å². The summed E-state index contributed by atoms with van der Waals surface area (Å²) < 4.78 is 5.17. The highest BCUT2D eigenvalue weighted by molar-refractivity contribution is 6.30. The van der Waals surface area contributed by atoms with Gasteiger partial charge < -0.3 is 14.7 Å². The van der Waals surface area contributed by atoms with Crippen LogP contribution in [0.15, 0.2) is 66.7 Å². The molecule has 1 aliphatic rings. The predicted molar refractivity (Wildman–Crippen MR) is 127 cm³/mol. The molecule has 4 nitrogen and oxygen atoms in total. The van der Waals surface area contributed by atoms with Crippen molar-refractivity contribution in [3.05, 3.63) is 105 Å². The van der Waals surface area contributed by atoms with Gasteiger partial charge in [-0.25, -0.2) is 0 Å². The summed E-state index contributed by atoms with van der Waals surface area (Å²) in [4.78, 5) is 15.6. The smallest absolute Gasteiger partial charge is 0.255 e. The quantitative estimate of drug-likeness (QED) is 0.470. The Morgan fingerprint density at radius 2 is 1.62 bits per heavy atom. The van der Waals surface area contributed by atoms with Gasteiger partial charge in [-0.3, -0.25) is 4.79 Å². The van der Waals surface area contributed by atoms with Crippen LogP contribution in [0.5, 0.6) is 0 Å². The zero-order valence-corrected chi connectivity index (χ0v) is 19.7. The topological polar surface area (TPSA) is 49.8 Å². The molecular weight excluding hydrogens is 445 g/mol. The van der Waals surface area contributed by atoms with Crippen LogP contribution in [0.2, 0.25) is 10.0 Å². The molecule has 32 heavy (non-hydrogen) atoms. The van der Waals surface area contributed by atoms with Crippen LogP contribution in [0, 0.1) is 0 Å². The Labute approximate surface area is 198 Å². The first-order chi connectivity index (χ1) is 15.2. The summed E-state index contributed by atoms with van der Waals surface area (Å²) in [7, 11) is 1.54. The van der Waals surface area contributed by atoms with Gasteiger partial charge in [0.05, 0.1) is 18.7 Å². The molecule has 0 aromatic heterocycles. The summed E-state index contributed by atoms with van der Waals surface area (Å²) in [5.74, 6) is -0.0857. The molecule has 4 rings (SSSR count). The maximum Gasteiger partial charge on any atom is 0.255 e. The van der Waals surface area contributed by atoms with Crippen molar-refractivity contribution < 1.29 is 14.6 Å². The summed E-state index contributed by atoms with van der Waals surface area (Å²) >= 11 is 12.2. The lowest BCUT2D eigenvalue weighted by atomic mass is 9.91. The second-order valence-electron chi connectivity index (χ2n) is 8.40. The molecule has 1 N–H and O–H groups in total. The van der Waals surface area contributed by atoms with E-state index < -0.39 is 5.60 Å². The van der Waals surface area contributed by atoms with Crippen LogP contribution in [-0.4, -0.2) is 29.6 Å². The maximum atomic E-state index is 13.7. The molecule has 0 spiro atoms. The van der Waals surface area contributed by atoms with E-state index in [1.807, 2.05) is 72.5 Å². The Balaban J connectivity index is 1.83. The summed E-state index contributed by atoms with van der Waals surface area (Å²) in [5, 5.41) is 12.1. The maximum absolute atomic E-state index is 13.7. The Morgan fingerprint density at radius 3 is 2.22 bits per heavy atom. The molecule has 0 radical (unpaired) electrons. The van der Waals surface area contributed by atoms with Gasteiger partial charge >= 0.3 is 0 Å². The molecule has 1 aliphatic heterocycles. The third-order valence-electron chi connectivity index (χ3n) is 6.09. The zero-order valence-electron chi connectivity index (χ0n) is 18.2. The second kappa shape index (κ2) is 8.87. The van der Waals surface area contributed by atoms with E-state index in [9.17, 15) is 9.90 Å². The summed E-state index contributed by atoms with van der Waals surface area (Å²) in [6.45, 7) is 3.83. The molecular formula is C26H25Cl2NO3. The first-order valence-corrected chi connectivity index (χ1v) is 11.2. The molecule has 0 fully saturated rings. The fraction of sp³-hybridized carbons (Fsp3) is 0.269. The number of carbonyl (C=O) groups excluding carboxylic acids is 1. The van der Waals surface area contributed by atoms with E-state index in [1.165, 1.54) is 0 Å². The lowest BCUT2D eigenvalue weighted by Crippen LogP contribution is -2.31. The van der Waals surface area contributed by atoms with Crippen LogP contribution in [0.25, 0.3) is 0 Å². The molecule has 2 unspecified atom stereocenters. The highest BCUT2D eigenvalue weighted by Gasteiger charge is 2.41. The highest BCUT2D eigenvalue weighted by atomic mass is 35.5. The van der Waals surface area contributed by atoms with Gasteiger partial charge in [-0.2, -0.15) is 0 Å². The number of amides is 1. The van der Waals surface area contributed by atoms with Crippen molar-refractivity contribution in [2.45, 2.75) is 31.5 Å². The molecule has 3 aromatic carbocycles. The molecule has 0 saturated carbocycles. The van der Waals surface area contributed by atoms with Gasteiger partial charge in [0.25, 0.3) is 5.91 Å². The minimum atomic E-state index is -1.20. The number of hydrogen-bond acceptors (Lipinski definition) is 3. The lowest BCUT2D eigenvalue weighted by molar-refractivity contribution is -0.0208. The number of benzene rings is 3. The van der Waals surface area contributed by atoms with Gasteiger partial charge in [-0.1, -0.05) is 59.6 Å². The Bertz CT molecular complexity index is 1130. The molecule has 3 aromatic rings. The molecule has 166 valence electrons. The zero-order chi connectivity index (χ0) is 23.0. The Kier molecular flexibility index (Phi) is 6.33. The Morgan fingerprint density at radius 1 is 1.03 bits per heavy atom. The number of carbonyl (C=O) groups is 1. The normalized spacial score (nSPS) is 18.4. The predicted octanol–water partition coefficient (Wildman–Crippen LogP) is 6.15. The van der Waals surface area contributed by atoms with E-state index >= 15 is 0 Å². The van der Waals surface area contributed by atoms with Crippen molar-refractivity contribution in [3.8, 4) is 0 Å². The monoisotopic (exact) mass is 469 g/mol. The van der Waals surface area contributed by atoms with Crippen LogP contribution in [-0.2, 0) is 10.3 Å². The number of fused-ring (bicyclic) bond motifs is 1. The van der Waals surface area contributed by atoms with Crippen molar-refractivity contribution in [1.82, 2.24) is 4.90 Å². The van der Waals surface area contributed by atoms with E-state index in [4.69, 9.17) is 27.9 Å². The number of rotatable bonds is 6. The van der Waals surface area contributed by atoms with Crippen LogP contribution in [0.1, 0.15) is 58.5 Å². The SMILES string of the molecule is COCC(C)(O)c1ccc2c(c1)C(=O)N([C@@H](C)c1ccc(Cl)cc1)C2c1ccc(Cl)cc1. The van der Waals surface area contributed by atoms with Crippen molar-refractivity contribution in [3.63, 3.8) is 0 Å². The molecule has 1 amide bonds. The third kappa shape index (κ3) is 4.16. The summed E-state index contributed by atoms with van der Waals surface area (Å²) in [6, 6.07) is 20.2. The first kappa shape index (κ1) is 22.8. The van der Waals surface area contributed by atoms with E-state index in [-0.39, 0.29) is 24.6 Å². The van der Waals surface area contributed by atoms with Crippen LogP contribution < -0.4 is 0 Å². The van der Waals surface area contributed by atoms with Gasteiger partial charge in [0.2, 0.25) is 0 Å². The molecule has 3 atom stereocenters. The van der Waals surface area contributed by atoms with E-state index in [0.717, 1.165) is 16.7 Å². The molecule has 0 aliphatic carbocycles. The molecule has 0 bridgehead atoms. The molecule has 0 saturated heterocycles. The molecule has 6 heteroatoms. The number of ether oxygens (including phenoxy) is 1. The van der Waals surface area contributed by atoms with Gasteiger partial charge in [0, 0.05) is 22.7 Å². The van der Waals surface area contributed by atoms with E-state index in [1.54, 1.807) is 20.1 Å². The largest absolute Gasteiger partial charge is 0.383 e. The highest BCUT2D eigenvalue weighted by Crippen LogP contribution is 2.44. The fourth-order valence-corrected chi connectivity index (χ4v) is 4.62. The second-order valence-corrected chi connectivity index (χ2v) is 9.28. The van der Waals surface area contributed by atoms with E-state index in [2.05, 4.69) is 0 Å². The van der Waals surface area contributed by atoms with Gasteiger partial charge in [0.1, 0.15) is 5.60 Å². The molecule has 1 heterocycles. The minimum Gasteiger partial charge on any atom is -0.383 e. The average Bonchev–Trinajstić information content (AvgIpc) is 3.06. The van der Waals surface area contributed by atoms with Crippen molar-refractivity contribution >= 4 is 29.1 Å². The van der Waals surface area contributed by atoms with Gasteiger partial charge in [-0.05, 0) is 66.4 Å². The van der Waals surface area contributed by atoms with Crippen LogP contribution >= 0.6 is 23.2 Å². The summed E-state index contributed by atoms with van der Waals surface area (Å²) in [5.41, 5.74) is 2.88. The van der Waals surface area contributed by atoms with Gasteiger partial charge in [-0.15, -0.1) is 0 Å². The number of nitrogens with zero attached hydrogens (tertiary/aromatic N) is 1. The van der Waals surface area contributed by atoms with Crippen molar-refractivity contribution in [2.24, 2.45) is 0 Å². The first-order valence-electron chi connectivity index (χ1n) is 10.4. The van der Waals surface area contributed by atoms with Crippen LogP contribution in [0.3, 0.4) is 0 Å².